The number of pyridine rings is 1. The summed E-state index contributed by atoms with van der Waals surface area (Å²) in [5, 5.41) is 0.103. The third-order valence-electron chi connectivity index (χ3n) is 3.57. The normalized spacial score (nSPS) is 15.6. The Hall–Kier alpha value is -2.90. The van der Waals surface area contributed by atoms with Crippen molar-refractivity contribution in [3.05, 3.63) is 102 Å². The van der Waals surface area contributed by atoms with Crippen LogP contribution in [-0.4, -0.2) is 4.98 Å². The molecule has 0 saturated carbocycles. The van der Waals surface area contributed by atoms with E-state index in [1.54, 1.807) is 6.07 Å². The first-order valence-corrected chi connectivity index (χ1v) is 7.83. The molecule has 0 aliphatic rings. The van der Waals surface area contributed by atoms with Gasteiger partial charge in [0.1, 0.15) is 0 Å². The minimum Gasteiger partial charge on any atom is -0.255 e. The van der Waals surface area contributed by atoms with Crippen LogP contribution < -0.4 is 0 Å². The van der Waals surface area contributed by atoms with E-state index in [2.05, 4.69) is 4.98 Å². The molecule has 25 heavy (non-hydrogen) atoms. The zero-order chi connectivity index (χ0) is 24.9. The monoisotopic (exact) mass is 350 g/mol. The highest BCUT2D eigenvalue weighted by atomic mass is 35.5. The summed E-state index contributed by atoms with van der Waals surface area (Å²) in [7, 11) is 0. The highest BCUT2D eigenvalue weighted by molar-refractivity contribution is 6.33. The van der Waals surface area contributed by atoms with E-state index in [4.69, 9.17) is 23.9 Å². The smallest absolute Gasteiger partial charge is 0.0709 e. The molecule has 0 fully saturated rings. The van der Waals surface area contributed by atoms with Crippen LogP contribution in [0.5, 0.6) is 0 Å². The van der Waals surface area contributed by atoms with Gasteiger partial charge in [0, 0.05) is 17.3 Å². The van der Waals surface area contributed by atoms with Gasteiger partial charge in [-0.05, 0) is 28.8 Å². The predicted molar refractivity (Wildman–Crippen MR) is 106 cm³/mol. The number of halogens is 1. The zero-order valence-electron chi connectivity index (χ0n) is 21.9. The van der Waals surface area contributed by atoms with Crippen LogP contribution in [0.4, 0.5) is 0 Å². The van der Waals surface area contributed by atoms with E-state index in [1.807, 2.05) is 30.3 Å². The van der Waals surface area contributed by atoms with E-state index in [0.717, 1.165) is 5.56 Å². The Balaban J connectivity index is 2.09. The minimum atomic E-state index is -0.619. The summed E-state index contributed by atoms with van der Waals surface area (Å²) in [5.41, 5.74) is 0.684. The lowest BCUT2D eigenvalue weighted by molar-refractivity contribution is 1.33. The van der Waals surface area contributed by atoms with Crippen LogP contribution in [0.25, 0.3) is 33.5 Å². The van der Waals surface area contributed by atoms with Crippen molar-refractivity contribution in [2.75, 3.05) is 0 Å². The highest BCUT2D eigenvalue weighted by Crippen LogP contribution is 2.33. The Kier molecular flexibility index (Phi) is 2.34. The highest BCUT2D eigenvalue weighted by Gasteiger charge is 2.09. The van der Waals surface area contributed by atoms with E-state index in [1.165, 1.54) is 6.20 Å². The maximum Gasteiger partial charge on any atom is 0.0709 e. The first-order chi connectivity index (χ1) is 16.1. The molecule has 0 aliphatic heterocycles. The van der Waals surface area contributed by atoms with Crippen LogP contribution in [0.15, 0.2) is 97.0 Å². The summed E-state index contributed by atoms with van der Waals surface area (Å²) >= 11 is 6.39. The Morgan fingerprint density at radius 3 is 2.28 bits per heavy atom. The first-order valence-electron chi connectivity index (χ1n) is 11.9. The van der Waals surface area contributed by atoms with Crippen LogP contribution in [0.1, 0.15) is 12.3 Å². The van der Waals surface area contributed by atoms with Crippen LogP contribution in [-0.2, 0) is 0 Å². The van der Waals surface area contributed by atoms with Crippen molar-refractivity contribution in [1.29, 1.82) is 0 Å². The van der Waals surface area contributed by atoms with Crippen molar-refractivity contribution in [3.8, 4) is 33.5 Å². The number of aromatic nitrogens is 1. The lowest BCUT2D eigenvalue weighted by Gasteiger charge is -2.10. The summed E-state index contributed by atoms with van der Waals surface area (Å²) in [6.07, 6.45) is 1.36. The average molecular weight is 351 g/mol. The Bertz CT molecular complexity index is 1430. The van der Waals surface area contributed by atoms with Crippen LogP contribution in [0.3, 0.4) is 0 Å². The second-order valence-electron chi connectivity index (χ2n) is 5.17. The molecule has 4 aromatic rings. The van der Waals surface area contributed by atoms with Crippen LogP contribution in [0, 0.1) is 0 Å². The van der Waals surface area contributed by atoms with Gasteiger partial charge in [-0.2, -0.15) is 0 Å². The molecule has 0 bridgehead atoms. The molecule has 0 radical (unpaired) electrons. The van der Waals surface area contributed by atoms with Crippen molar-refractivity contribution in [2.24, 2.45) is 0 Å². The number of hydrogen-bond acceptors (Lipinski definition) is 1. The number of hydrogen-bond donors (Lipinski definition) is 0. The quantitative estimate of drug-likeness (QED) is 0.399. The molecule has 0 unspecified atom stereocenters. The molecule has 0 aliphatic carbocycles. The van der Waals surface area contributed by atoms with Crippen molar-refractivity contribution >= 4 is 11.6 Å². The van der Waals surface area contributed by atoms with Crippen molar-refractivity contribution in [2.45, 2.75) is 0 Å². The Morgan fingerprint density at radius 1 is 0.760 bits per heavy atom. The van der Waals surface area contributed by atoms with Crippen LogP contribution >= 0.6 is 11.6 Å². The Labute approximate surface area is 165 Å². The van der Waals surface area contributed by atoms with Gasteiger partial charge in [-0.1, -0.05) is 90.3 Å². The maximum atomic E-state index is 8.82. The molecular weight excluding hydrogens is 326 g/mol. The SMILES string of the molecule is [2H]c1c([2H])c([2H])c(-c2c([2H])c([2H])c([2H])c(-c3cc(-c4ccccc4)ncc3Cl)c2[2H])c([2H])c1[2H]. The van der Waals surface area contributed by atoms with Crippen LogP contribution in [0.2, 0.25) is 5.02 Å². The fourth-order valence-electron chi connectivity index (χ4n) is 2.38. The molecule has 2 heteroatoms. The van der Waals surface area contributed by atoms with Gasteiger partial charge in [0.25, 0.3) is 0 Å². The first kappa shape index (κ1) is 8.46. The third-order valence-corrected chi connectivity index (χ3v) is 3.87. The summed E-state index contributed by atoms with van der Waals surface area (Å²) in [5.74, 6) is 0. The number of benzene rings is 3. The standard InChI is InChI=1S/C23H16ClN/c24-22-16-25-23(18-10-5-2-6-11-18)15-21(22)20-13-7-12-19(14-20)17-8-3-1-4-9-17/h1-16H/i1D,3D,4D,7D,8D,9D,12D,13D,14D. The molecule has 120 valence electrons. The molecule has 3 aromatic carbocycles. The van der Waals surface area contributed by atoms with Crippen molar-refractivity contribution in [3.63, 3.8) is 0 Å². The summed E-state index contributed by atoms with van der Waals surface area (Å²) in [4.78, 5) is 4.31. The molecular formula is C23H16ClN. The molecule has 1 nitrogen and oxygen atoms in total. The zero-order valence-corrected chi connectivity index (χ0v) is 13.6. The van der Waals surface area contributed by atoms with E-state index >= 15 is 0 Å². The molecule has 0 amide bonds. The van der Waals surface area contributed by atoms with Gasteiger partial charge in [0.15, 0.2) is 0 Å². The van der Waals surface area contributed by atoms with Gasteiger partial charge in [-0.3, -0.25) is 4.98 Å². The average Bonchev–Trinajstić information content (AvgIpc) is 2.84. The van der Waals surface area contributed by atoms with Crippen molar-refractivity contribution < 1.29 is 12.3 Å². The third kappa shape index (κ3) is 3.33. The molecule has 1 aromatic heterocycles. The molecule has 0 N–H and O–H groups in total. The fraction of sp³-hybridized carbons (Fsp3) is 0. The van der Waals surface area contributed by atoms with Gasteiger partial charge in [0.05, 0.1) is 23.1 Å². The summed E-state index contributed by atoms with van der Waals surface area (Å²) in [6, 6.07) is 5.67. The van der Waals surface area contributed by atoms with E-state index in [9.17, 15) is 0 Å². The second-order valence-corrected chi connectivity index (χ2v) is 5.57. The molecule has 0 saturated heterocycles. The van der Waals surface area contributed by atoms with E-state index < -0.39 is 54.4 Å². The lowest BCUT2D eigenvalue weighted by Crippen LogP contribution is -1.88. The summed E-state index contributed by atoms with van der Waals surface area (Å²) < 4.78 is 74.3. The maximum absolute atomic E-state index is 8.82. The molecule has 0 atom stereocenters. The topological polar surface area (TPSA) is 12.9 Å². The van der Waals surface area contributed by atoms with E-state index in [-0.39, 0.29) is 27.3 Å². The van der Waals surface area contributed by atoms with E-state index in [0.29, 0.717) is 5.69 Å². The molecule has 1 heterocycles. The summed E-state index contributed by atoms with van der Waals surface area (Å²) in [6.45, 7) is 0. The lowest BCUT2D eigenvalue weighted by atomic mass is 9.98. The van der Waals surface area contributed by atoms with Gasteiger partial charge in [-0.15, -0.1) is 0 Å². The second kappa shape index (κ2) is 6.92. The fourth-order valence-corrected chi connectivity index (χ4v) is 2.57. The van der Waals surface area contributed by atoms with Crippen molar-refractivity contribution in [1.82, 2.24) is 4.98 Å². The number of rotatable bonds is 3. The predicted octanol–water partition coefficient (Wildman–Crippen LogP) is 6.74. The van der Waals surface area contributed by atoms with Gasteiger partial charge < -0.3 is 0 Å². The number of nitrogens with zero attached hydrogens (tertiary/aromatic N) is 1. The van der Waals surface area contributed by atoms with Gasteiger partial charge in [0.2, 0.25) is 0 Å². The molecule has 4 rings (SSSR count). The van der Waals surface area contributed by atoms with Gasteiger partial charge >= 0.3 is 0 Å². The largest absolute Gasteiger partial charge is 0.255 e. The molecule has 0 spiro atoms. The Morgan fingerprint density at radius 2 is 1.48 bits per heavy atom. The van der Waals surface area contributed by atoms with Gasteiger partial charge in [-0.25, -0.2) is 0 Å². The minimum absolute atomic E-state index is 0.0904.